The molecule has 0 aromatic heterocycles. The first-order valence-electron chi connectivity index (χ1n) is 17.1. The zero-order valence-electron chi connectivity index (χ0n) is 29.1. The Morgan fingerprint density at radius 3 is 2.41 bits per heavy atom. The summed E-state index contributed by atoms with van der Waals surface area (Å²) in [5.74, 6) is 0.104. The molecule has 2 aliphatic rings. The molecular weight excluding hydrogens is 622 g/mol. The molecule has 0 saturated carbocycles. The number of hydrogen-bond donors (Lipinski definition) is 4. The molecule has 0 bridgehead atoms. The molecule has 262 valence electrons. The van der Waals surface area contributed by atoms with Gasteiger partial charge in [-0.2, -0.15) is 0 Å². The summed E-state index contributed by atoms with van der Waals surface area (Å²) < 4.78 is 18.5. The van der Waals surface area contributed by atoms with Gasteiger partial charge in [-0.05, 0) is 68.2 Å². The minimum Gasteiger partial charge on any atom is -0.456 e. The fraction of sp³-hybridized carbons (Fsp3) is 0.447. The number of ether oxygens (including phenoxy) is 3. The number of anilines is 2. The van der Waals surface area contributed by atoms with Crippen molar-refractivity contribution in [3.05, 3.63) is 82.9 Å². The van der Waals surface area contributed by atoms with E-state index < -0.39 is 23.6 Å². The minimum absolute atomic E-state index is 0.128. The molecule has 3 aromatic rings. The summed E-state index contributed by atoms with van der Waals surface area (Å²) in [6, 6.07) is 17.6. The van der Waals surface area contributed by atoms with Gasteiger partial charge in [0.1, 0.15) is 30.2 Å². The molecule has 0 radical (unpaired) electrons. The standard InChI is InChI=1S/C38H49N5O6/c1-6-7-12-31(42-37(46)32(19-24(2)3)41-35(44)23-47-18-17-43(4)5)36(45)40-27-14-16-30-34(21-27)49-33-20-26(39)13-15-29(33)38(30)28-11-9-8-10-25(28)22-48-38/h8-11,13-16,20-21,24,31-32H,6-7,12,17-19,22-23,39H2,1-5H3,(H,40,45)(H,41,44)(H,42,46)/t31-,32-,38?/m0/s1. The van der Waals surface area contributed by atoms with Gasteiger partial charge in [-0.1, -0.05) is 57.9 Å². The highest BCUT2D eigenvalue weighted by Gasteiger charge is 2.49. The van der Waals surface area contributed by atoms with Gasteiger partial charge in [0.2, 0.25) is 17.7 Å². The van der Waals surface area contributed by atoms with Crippen LogP contribution in [0.15, 0.2) is 60.7 Å². The fourth-order valence-electron chi connectivity index (χ4n) is 6.38. The third-order valence-electron chi connectivity index (χ3n) is 8.83. The van der Waals surface area contributed by atoms with Gasteiger partial charge in [0.05, 0.1) is 13.2 Å². The van der Waals surface area contributed by atoms with E-state index in [1.807, 2.05) is 76.2 Å². The van der Waals surface area contributed by atoms with Crippen molar-refractivity contribution in [2.45, 2.75) is 70.7 Å². The van der Waals surface area contributed by atoms with Crippen molar-refractivity contribution in [3.8, 4) is 11.5 Å². The molecule has 3 atom stereocenters. The molecule has 5 rings (SSSR count). The maximum Gasteiger partial charge on any atom is 0.246 e. The van der Waals surface area contributed by atoms with E-state index in [-0.39, 0.29) is 24.3 Å². The summed E-state index contributed by atoms with van der Waals surface area (Å²) in [5, 5.41) is 8.72. The maximum absolute atomic E-state index is 13.8. The number of benzene rings is 3. The normalized spacial score (nSPS) is 17.1. The lowest BCUT2D eigenvalue weighted by Crippen LogP contribution is -2.53. The van der Waals surface area contributed by atoms with Crippen LogP contribution in [0.1, 0.15) is 68.7 Å². The molecular formula is C38H49N5O6. The van der Waals surface area contributed by atoms with Crippen molar-refractivity contribution < 1.29 is 28.6 Å². The monoisotopic (exact) mass is 671 g/mol. The lowest BCUT2D eigenvalue weighted by Gasteiger charge is -2.37. The molecule has 11 nitrogen and oxygen atoms in total. The van der Waals surface area contributed by atoms with Gasteiger partial charge in [-0.3, -0.25) is 14.4 Å². The van der Waals surface area contributed by atoms with Gasteiger partial charge in [0.15, 0.2) is 5.60 Å². The van der Waals surface area contributed by atoms with E-state index in [1.54, 1.807) is 12.1 Å². The Morgan fingerprint density at radius 2 is 1.67 bits per heavy atom. The molecule has 3 amide bonds. The van der Waals surface area contributed by atoms with Gasteiger partial charge < -0.3 is 40.8 Å². The van der Waals surface area contributed by atoms with Crippen LogP contribution in [-0.2, 0) is 36.1 Å². The zero-order valence-corrected chi connectivity index (χ0v) is 29.1. The summed E-state index contributed by atoms with van der Waals surface area (Å²) in [4.78, 5) is 41.9. The SMILES string of the molecule is CCCC[C@H](NC(=O)[C@H](CC(C)C)NC(=O)COCCN(C)C)C(=O)Nc1ccc2c(c1)Oc1cc(N)ccc1C21OCc2ccccc21. The number of nitrogens with two attached hydrogens (primary N) is 1. The Kier molecular flexibility index (Phi) is 11.6. The van der Waals surface area contributed by atoms with Crippen molar-refractivity contribution in [1.29, 1.82) is 0 Å². The molecule has 0 saturated heterocycles. The van der Waals surface area contributed by atoms with Crippen molar-refractivity contribution in [1.82, 2.24) is 15.5 Å². The fourth-order valence-corrected chi connectivity index (χ4v) is 6.38. The summed E-state index contributed by atoms with van der Waals surface area (Å²) in [6.45, 7) is 7.36. The highest BCUT2D eigenvalue weighted by atomic mass is 16.5. The Balaban J connectivity index is 1.34. The largest absolute Gasteiger partial charge is 0.456 e. The number of carbonyl (C=O) groups excluding carboxylic acids is 3. The Bertz CT molecular complexity index is 1660. The van der Waals surface area contributed by atoms with E-state index >= 15 is 0 Å². The number of nitrogens with one attached hydrogen (secondary N) is 3. The molecule has 2 heterocycles. The zero-order chi connectivity index (χ0) is 35.1. The van der Waals surface area contributed by atoms with Crippen molar-refractivity contribution in [2.24, 2.45) is 5.92 Å². The lowest BCUT2D eigenvalue weighted by molar-refractivity contribution is -0.133. The number of nitrogens with zero attached hydrogens (tertiary/aromatic N) is 1. The van der Waals surface area contributed by atoms with Crippen molar-refractivity contribution in [2.75, 3.05) is 44.9 Å². The third-order valence-corrected chi connectivity index (χ3v) is 8.83. The van der Waals surface area contributed by atoms with E-state index in [2.05, 4.69) is 28.1 Å². The molecule has 1 spiro atoms. The predicted octanol–water partition coefficient (Wildman–Crippen LogP) is 4.92. The van der Waals surface area contributed by atoms with E-state index in [1.165, 1.54) is 0 Å². The number of unbranched alkanes of at least 4 members (excludes halogenated alkanes) is 1. The first kappa shape index (κ1) is 35.8. The Hall–Kier alpha value is -4.45. The molecule has 0 aliphatic carbocycles. The number of amides is 3. The lowest BCUT2D eigenvalue weighted by atomic mass is 9.77. The number of fused-ring (bicyclic) bond motifs is 6. The highest BCUT2D eigenvalue weighted by molar-refractivity contribution is 5.98. The molecule has 1 unspecified atom stereocenters. The van der Waals surface area contributed by atoms with Crippen LogP contribution in [0.3, 0.4) is 0 Å². The second-order valence-electron chi connectivity index (χ2n) is 13.5. The van der Waals surface area contributed by atoms with Crippen molar-refractivity contribution in [3.63, 3.8) is 0 Å². The quantitative estimate of drug-likeness (QED) is 0.132. The third kappa shape index (κ3) is 8.24. The first-order valence-corrected chi connectivity index (χ1v) is 17.1. The van der Waals surface area contributed by atoms with E-state index in [9.17, 15) is 14.4 Å². The van der Waals surface area contributed by atoms with Crippen LogP contribution >= 0.6 is 0 Å². The average molecular weight is 672 g/mol. The van der Waals surface area contributed by atoms with Crippen LogP contribution in [0, 0.1) is 5.92 Å². The average Bonchev–Trinajstić information content (AvgIpc) is 3.43. The van der Waals surface area contributed by atoms with Crippen LogP contribution in [0.4, 0.5) is 11.4 Å². The van der Waals surface area contributed by atoms with Gasteiger partial charge >= 0.3 is 0 Å². The Morgan fingerprint density at radius 1 is 0.939 bits per heavy atom. The second-order valence-corrected chi connectivity index (χ2v) is 13.5. The molecule has 11 heteroatoms. The van der Waals surface area contributed by atoms with Crippen LogP contribution in [0.5, 0.6) is 11.5 Å². The summed E-state index contributed by atoms with van der Waals surface area (Å²) in [5.41, 5.74) is 10.2. The van der Waals surface area contributed by atoms with Crippen LogP contribution in [0.25, 0.3) is 0 Å². The molecule has 3 aromatic carbocycles. The highest BCUT2D eigenvalue weighted by Crippen LogP contribution is 2.56. The molecule has 0 fully saturated rings. The molecule has 2 aliphatic heterocycles. The number of carbonyl (C=O) groups is 3. The summed E-state index contributed by atoms with van der Waals surface area (Å²) in [7, 11) is 3.85. The van der Waals surface area contributed by atoms with Crippen molar-refractivity contribution >= 4 is 29.1 Å². The number of rotatable bonds is 15. The molecule has 49 heavy (non-hydrogen) atoms. The van der Waals surface area contributed by atoms with Gasteiger partial charge in [0, 0.05) is 41.2 Å². The number of nitrogen functional groups attached to an aromatic ring is 1. The van der Waals surface area contributed by atoms with Crippen LogP contribution in [0.2, 0.25) is 0 Å². The van der Waals surface area contributed by atoms with E-state index in [4.69, 9.17) is 19.9 Å². The Labute approximate surface area is 288 Å². The molecule has 5 N–H and O–H groups in total. The first-order chi connectivity index (χ1) is 23.5. The van der Waals surface area contributed by atoms with Gasteiger partial charge in [-0.15, -0.1) is 0 Å². The number of likely N-dealkylation sites (N-methyl/N-ethyl adjacent to an activating group) is 1. The topological polar surface area (TPSA) is 144 Å². The van der Waals surface area contributed by atoms with Gasteiger partial charge in [0.25, 0.3) is 0 Å². The second kappa shape index (κ2) is 15.8. The summed E-state index contributed by atoms with van der Waals surface area (Å²) in [6.07, 6.45) is 2.42. The predicted molar refractivity (Wildman–Crippen MR) is 189 cm³/mol. The van der Waals surface area contributed by atoms with E-state index in [0.29, 0.717) is 55.5 Å². The van der Waals surface area contributed by atoms with Crippen LogP contribution in [-0.4, -0.2) is 68.6 Å². The summed E-state index contributed by atoms with van der Waals surface area (Å²) >= 11 is 0. The number of hydrogen-bond acceptors (Lipinski definition) is 8. The maximum atomic E-state index is 13.8. The smallest absolute Gasteiger partial charge is 0.246 e. The minimum atomic E-state index is -0.888. The van der Waals surface area contributed by atoms with Crippen LogP contribution < -0.4 is 26.4 Å². The van der Waals surface area contributed by atoms with Gasteiger partial charge in [-0.25, -0.2) is 0 Å². The van der Waals surface area contributed by atoms with E-state index in [0.717, 1.165) is 35.1 Å².